The lowest BCUT2D eigenvalue weighted by atomic mass is 10.0. The zero-order chi connectivity index (χ0) is 19.5. The van der Waals surface area contributed by atoms with Crippen LogP contribution in [0, 0.1) is 13.8 Å². The summed E-state index contributed by atoms with van der Waals surface area (Å²) < 4.78 is 29.2. The van der Waals surface area contributed by atoms with E-state index in [9.17, 15) is 18.0 Å². The van der Waals surface area contributed by atoms with Gasteiger partial charge in [-0.05, 0) is 49.2 Å². The maximum absolute atomic E-state index is 12.7. The van der Waals surface area contributed by atoms with Gasteiger partial charge in [0, 0.05) is 5.69 Å². The molecule has 0 fully saturated rings. The van der Waals surface area contributed by atoms with Crippen LogP contribution in [-0.4, -0.2) is 33.2 Å². The number of carbonyl (C=O) groups is 2. The number of aryl methyl sites for hydroxylation is 1. The molecule has 0 radical (unpaired) electrons. The lowest BCUT2D eigenvalue weighted by molar-refractivity contribution is 0.0599. The summed E-state index contributed by atoms with van der Waals surface area (Å²) in [5, 5.41) is 2.67. The van der Waals surface area contributed by atoms with E-state index in [1.54, 1.807) is 25.1 Å². The molecule has 0 heterocycles. The zero-order valence-electron chi connectivity index (χ0n) is 15.1. The zero-order valence-corrected chi connectivity index (χ0v) is 15.9. The van der Waals surface area contributed by atoms with Crippen LogP contribution in [0.25, 0.3) is 0 Å². The summed E-state index contributed by atoms with van der Waals surface area (Å²) >= 11 is 0. The molecule has 2 aromatic carbocycles. The number of benzene rings is 2. The van der Waals surface area contributed by atoms with Crippen LogP contribution in [0.3, 0.4) is 0 Å². The predicted octanol–water partition coefficient (Wildman–Crippen LogP) is 3.14. The molecule has 0 aliphatic carbocycles. The van der Waals surface area contributed by atoms with Crippen molar-refractivity contribution in [3.8, 4) is 0 Å². The number of carbonyl (C=O) groups excluding carboxylic acids is 2. The number of methoxy groups -OCH3 is 1. The van der Waals surface area contributed by atoms with Gasteiger partial charge in [0.25, 0.3) is 5.91 Å². The Balaban J connectivity index is 2.44. The molecule has 6 nitrogen and oxygen atoms in total. The second-order valence-electron chi connectivity index (χ2n) is 5.81. The minimum Gasteiger partial charge on any atom is -0.465 e. The van der Waals surface area contributed by atoms with Gasteiger partial charge >= 0.3 is 5.97 Å². The first-order valence-electron chi connectivity index (χ1n) is 8.04. The second kappa shape index (κ2) is 7.70. The molecule has 138 valence electrons. The van der Waals surface area contributed by atoms with E-state index in [4.69, 9.17) is 4.74 Å². The van der Waals surface area contributed by atoms with E-state index >= 15 is 0 Å². The molecule has 0 saturated heterocycles. The monoisotopic (exact) mass is 375 g/mol. The second-order valence-corrected chi connectivity index (χ2v) is 8.06. The minimum atomic E-state index is -3.54. The number of hydrogen-bond donors (Lipinski definition) is 1. The summed E-state index contributed by atoms with van der Waals surface area (Å²) in [5.74, 6) is -1.17. The molecular formula is C19H21NO5S. The van der Waals surface area contributed by atoms with E-state index < -0.39 is 21.7 Å². The molecule has 2 aromatic rings. The molecule has 0 aliphatic heterocycles. The summed E-state index contributed by atoms with van der Waals surface area (Å²) in [5.41, 5.74) is 2.35. The van der Waals surface area contributed by atoms with Crippen molar-refractivity contribution in [1.29, 1.82) is 0 Å². The summed E-state index contributed by atoms with van der Waals surface area (Å²) in [4.78, 5) is 24.5. The van der Waals surface area contributed by atoms with Crippen molar-refractivity contribution in [3.63, 3.8) is 0 Å². The van der Waals surface area contributed by atoms with Crippen LogP contribution >= 0.6 is 0 Å². The highest BCUT2D eigenvalue weighted by molar-refractivity contribution is 7.91. The Morgan fingerprint density at radius 3 is 2.35 bits per heavy atom. The van der Waals surface area contributed by atoms with Crippen molar-refractivity contribution in [2.75, 3.05) is 18.2 Å². The quantitative estimate of drug-likeness (QED) is 0.811. The van der Waals surface area contributed by atoms with Gasteiger partial charge in [-0.15, -0.1) is 0 Å². The van der Waals surface area contributed by atoms with E-state index in [0.29, 0.717) is 11.3 Å². The van der Waals surface area contributed by atoms with E-state index in [0.717, 1.165) is 11.1 Å². The number of esters is 1. The van der Waals surface area contributed by atoms with Crippen molar-refractivity contribution in [2.45, 2.75) is 25.7 Å². The molecule has 0 spiro atoms. The predicted molar refractivity (Wildman–Crippen MR) is 99.4 cm³/mol. The van der Waals surface area contributed by atoms with Gasteiger partial charge < -0.3 is 10.1 Å². The fourth-order valence-corrected chi connectivity index (χ4v) is 3.63. The highest BCUT2D eigenvalue weighted by atomic mass is 32.2. The van der Waals surface area contributed by atoms with Crippen LogP contribution in [0.1, 0.15) is 38.8 Å². The molecule has 0 saturated carbocycles. The number of nitrogens with one attached hydrogen (secondary N) is 1. The Kier molecular flexibility index (Phi) is 5.82. The fraction of sp³-hybridized carbons (Fsp3) is 0.263. The molecule has 7 heteroatoms. The third-order valence-corrected chi connectivity index (χ3v) is 5.96. The summed E-state index contributed by atoms with van der Waals surface area (Å²) in [6.07, 6.45) is 0. The summed E-state index contributed by atoms with van der Waals surface area (Å²) in [6, 6.07) is 9.28. The standard InChI is InChI=1S/C19H21NO5S/c1-5-26(23,24)17-9-7-6-8-15(17)18(21)20-14-10-12(2)13(3)16(11-14)19(22)25-4/h6-11H,5H2,1-4H3,(H,20,21). The number of hydrogen-bond acceptors (Lipinski definition) is 5. The Morgan fingerprint density at radius 1 is 1.08 bits per heavy atom. The highest BCUT2D eigenvalue weighted by Crippen LogP contribution is 2.23. The summed E-state index contributed by atoms with van der Waals surface area (Å²) in [7, 11) is -2.26. The number of ether oxygens (including phenoxy) is 1. The van der Waals surface area contributed by atoms with Crippen molar-refractivity contribution < 1.29 is 22.7 Å². The normalized spacial score (nSPS) is 11.1. The van der Waals surface area contributed by atoms with E-state index in [1.165, 1.54) is 32.2 Å². The molecule has 0 aromatic heterocycles. The van der Waals surface area contributed by atoms with Gasteiger partial charge in [0.05, 0.1) is 28.9 Å². The van der Waals surface area contributed by atoms with E-state index in [2.05, 4.69) is 5.32 Å². The Morgan fingerprint density at radius 2 is 1.73 bits per heavy atom. The van der Waals surface area contributed by atoms with Gasteiger partial charge in [-0.2, -0.15) is 0 Å². The number of rotatable bonds is 5. The lowest BCUT2D eigenvalue weighted by Gasteiger charge is -2.13. The fourth-order valence-electron chi connectivity index (χ4n) is 2.53. The van der Waals surface area contributed by atoms with Crippen molar-refractivity contribution in [1.82, 2.24) is 0 Å². The molecule has 1 N–H and O–H groups in total. The maximum atomic E-state index is 12.7. The minimum absolute atomic E-state index is 0.0166. The van der Waals surface area contributed by atoms with Gasteiger partial charge in [0.15, 0.2) is 9.84 Å². The Hall–Kier alpha value is -2.67. The Bertz CT molecular complexity index is 964. The topological polar surface area (TPSA) is 89.5 Å². The average Bonchev–Trinajstić information content (AvgIpc) is 2.63. The van der Waals surface area contributed by atoms with Gasteiger partial charge in [-0.1, -0.05) is 19.1 Å². The summed E-state index contributed by atoms with van der Waals surface area (Å²) in [6.45, 7) is 5.12. The molecule has 0 aliphatic rings. The molecule has 0 atom stereocenters. The molecular weight excluding hydrogens is 354 g/mol. The van der Waals surface area contributed by atoms with Gasteiger partial charge in [-0.25, -0.2) is 13.2 Å². The highest BCUT2D eigenvalue weighted by Gasteiger charge is 2.21. The first kappa shape index (κ1) is 19.7. The molecule has 2 rings (SSSR count). The van der Waals surface area contributed by atoms with Gasteiger partial charge in [0.2, 0.25) is 0 Å². The van der Waals surface area contributed by atoms with E-state index in [-0.39, 0.29) is 16.2 Å². The number of anilines is 1. The SMILES string of the molecule is CCS(=O)(=O)c1ccccc1C(=O)Nc1cc(C)c(C)c(C(=O)OC)c1. The molecule has 26 heavy (non-hydrogen) atoms. The number of sulfone groups is 1. The third-order valence-electron chi connectivity index (χ3n) is 4.18. The largest absolute Gasteiger partial charge is 0.465 e. The number of amides is 1. The van der Waals surface area contributed by atoms with Crippen LogP contribution in [-0.2, 0) is 14.6 Å². The average molecular weight is 375 g/mol. The van der Waals surface area contributed by atoms with Crippen molar-refractivity contribution >= 4 is 27.4 Å². The molecule has 0 bridgehead atoms. The van der Waals surface area contributed by atoms with Crippen LogP contribution < -0.4 is 5.32 Å². The van der Waals surface area contributed by atoms with Crippen LogP contribution in [0.4, 0.5) is 5.69 Å². The van der Waals surface area contributed by atoms with Crippen LogP contribution in [0.2, 0.25) is 0 Å². The van der Waals surface area contributed by atoms with Crippen molar-refractivity contribution in [2.24, 2.45) is 0 Å². The lowest BCUT2D eigenvalue weighted by Crippen LogP contribution is -2.18. The van der Waals surface area contributed by atoms with Crippen LogP contribution in [0.15, 0.2) is 41.3 Å². The maximum Gasteiger partial charge on any atom is 0.338 e. The Labute approximate surface area is 153 Å². The molecule has 0 unspecified atom stereocenters. The third kappa shape index (κ3) is 3.94. The van der Waals surface area contributed by atoms with E-state index in [1.807, 2.05) is 6.92 Å². The smallest absolute Gasteiger partial charge is 0.338 e. The first-order valence-corrected chi connectivity index (χ1v) is 9.69. The van der Waals surface area contributed by atoms with Crippen LogP contribution in [0.5, 0.6) is 0 Å². The first-order chi connectivity index (χ1) is 12.2. The van der Waals surface area contributed by atoms with Crippen molar-refractivity contribution in [3.05, 3.63) is 58.7 Å². The van der Waals surface area contributed by atoms with Gasteiger partial charge in [-0.3, -0.25) is 4.79 Å². The van der Waals surface area contributed by atoms with Gasteiger partial charge in [0.1, 0.15) is 0 Å². The molecule has 1 amide bonds.